The van der Waals surface area contributed by atoms with Crippen LogP contribution in [0.4, 0.5) is 5.82 Å². The number of hydrogen-bond acceptors (Lipinski definition) is 3. The van der Waals surface area contributed by atoms with Crippen LogP contribution in [0.2, 0.25) is 0 Å². The Balaban J connectivity index is 1.96. The molecule has 1 aliphatic rings. The minimum absolute atomic E-state index is 0.0706. The highest BCUT2D eigenvalue weighted by Crippen LogP contribution is 2.44. The van der Waals surface area contributed by atoms with Crippen LogP contribution in [0, 0.1) is 5.41 Å². The number of H-pyrrole nitrogens is 1. The van der Waals surface area contributed by atoms with Crippen molar-refractivity contribution in [1.82, 2.24) is 10.2 Å². The highest BCUT2D eigenvalue weighted by molar-refractivity contribution is 5.90. The number of aryl methyl sites for hydroxylation is 1. The van der Waals surface area contributed by atoms with Crippen molar-refractivity contribution in [3.05, 3.63) is 11.8 Å². The van der Waals surface area contributed by atoms with Crippen molar-refractivity contribution in [3.63, 3.8) is 0 Å². The molecule has 0 saturated heterocycles. The number of anilines is 1. The van der Waals surface area contributed by atoms with E-state index in [1.165, 1.54) is 0 Å². The zero-order valence-corrected chi connectivity index (χ0v) is 11.7. The van der Waals surface area contributed by atoms with Crippen LogP contribution in [0.5, 0.6) is 0 Å². The first kappa shape index (κ1) is 14.6. The van der Waals surface area contributed by atoms with Crippen molar-refractivity contribution in [3.8, 4) is 0 Å². The summed E-state index contributed by atoms with van der Waals surface area (Å²) < 4.78 is 0. The van der Waals surface area contributed by atoms with Crippen molar-refractivity contribution in [1.29, 1.82) is 0 Å². The Morgan fingerprint density at radius 2 is 2.10 bits per heavy atom. The van der Waals surface area contributed by atoms with Crippen molar-refractivity contribution in [2.45, 2.75) is 51.9 Å². The smallest absolute Gasteiger partial charge is 0.303 e. The van der Waals surface area contributed by atoms with Gasteiger partial charge in [-0.3, -0.25) is 14.7 Å². The molecule has 1 heterocycles. The summed E-state index contributed by atoms with van der Waals surface area (Å²) in [4.78, 5) is 23.1. The van der Waals surface area contributed by atoms with Crippen LogP contribution in [-0.2, 0) is 16.0 Å². The topological polar surface area (TPSA) is 95.1 Å². The van der Waals surface area contributed by atoms with Gasteiger partial charge in [0.2, 0.25) is 5.91 Å². The monoisotopic (exact) mass is 279 g/mol. The summed E-state index contributed by atoms with van der Waals surface area (Å²) in [6.07, 6.45) is 4.79. The molecule has 6 nitrogen and oxygen atoms in total. The average Bonchev–Trinajstić information content (AvgIpc) is 2.98. The number of carboxylic acids is 1. The molecular weight excluding hydrogens is 258 g/mol. The van der Waals surface area contributed by atoms with Gasteiger partial charge < -0.3 is 10.4 Å². The van der Waals surface area contributed by atoms with Gasteiger partial charge in [-0.15, -0.1) is 0 Å². The number of carbonyl (C=O) groups is 2. The highest BCUT2D eigenvalue weighted by Gasteiger charge is 2.38. The second kappa shape index (κ2) is 6.07. The molecule has 1 aromatic rings. The maximum absolute atomic E-state index is 12.1. The Labute approximate surface area is 118 Å². The van der Waals surface area contributed by atoms with E-state index < -0.39 is 5.97 Å². The summed E-state index contributed by atoms with van der Waals surface area (Å²) in [5.74, 6) is -0.467. The third-order valence-electron chi connectivity index (χ3n) is 4.01. The fourth-order valence-electron chi connectivity index (χ4n) is 3.00. The lowest BCUT2D eigenvalue weighted by Gasteiger charge is -2.26. The molecule has 0 spiro atoms. The maximum Gasteiger partial charge on any atom is 0.303 e. The molecule has 0 unspecified atom stereocenters. The molecule has 1 aromatic heterocycles. The number of aromatic nitrogens is 2. The zero-order chi connectivity index (χ0) is 14.6. The first-order valence-electron chi connectivity index (χ1n) is 7.09. The van der Waals surface area contributed by atoms with E-state index in [4.69, 9.17) is 5.11 Å². The first-order chi connectivity index (χ1) is 9.53. The molecule has 0 aliphatic heterocycles. The van der Waals surface area contributed by atoms with Crippen molar-refractivity contribution in [2.24, 2.45) is 5.41 Å². The largest absolute Gasteiger partial charge is 0.481 e. The minimum Gasteiger partial charge on any atom is -0.481 e. The van der Waals surface area contributed by atoms with Gasteiger partial charge in [-0.2, -0.15) is 5.10 Å². The molecular formula is C14H21N3O3. The van der Waals surface area contributed by atoms with Gasteiger partial charge in [0.15, 0.2) is 5.82 Å². The molecule has 3 N–H and O–H groups in total. The number of aromatic amines is 1. The molecule has 0 bridgehead atoms. The molecule has 1 aliphatic carbocycles. The predicted octanol–water partition coefficient (Wildman–Crippen LogP) is 2.34. The van der Waals surface area contributed by atoms with Crippen LogP contribution < -0.4 is 5.32 Å². The summed E-state index contributed by atoms with van der Waals surface area (Å²) in [6, 6.07) is 1.80. The normalized spacial score (nSPS) is 17.1. The van der Waals surface area contributed by atoms with Gasteiger partial charge in [-0.05, 0) is 24.7 Å². The molecule has 20 heavy (non-hydrogen) atoms. The number of nitrogens with zero attached hydrogens (tertiary/aromatic N) is 1. The number of amides is 1. The third-order valence-corrected chi connectivity index (χ3v) is 4.01. The van der Waals surface area contributed by atoms with E-state index in [2.05, 4.69) is 15.5 Å². The minimum atomic E-state index is -0.826. The fourth-order valence-corrected chi connectivity index (χ4v) is 3.00. The van der Waals surface area contributed by atoms with Gasteiger partial charge in [-0.1, -0.05) is 19.8 Å². The SMILES string of the molecule is CCc1cc(NC(=O)CC2(CC(=O)O)CCCC2)n[nH]1. The standard InChI is InChI=1S/C14H21N3O3/c1-2-10-7-11(17-16-10)15-12(18)8-14(9-13(19)20)5-3-4-6-14/h7H,2-6,8-9H2,1H3,(H,19,20)(H2,15,16,17,18). The third kappa shape index (κ3) is 3.59. The van der Waals surface area contributed by atoms with Crippen LogP contribution in [0.3, 0.4) is 0 Å². The van der Waals surface area contributed by atoms with Crippen LogP contribution in [0.15, 0.2) is 6.07 Å². The summed E-state index contributed by atoms with van der Waals surface area (Å²) in [5.41, 5.74) is 0.584. The Hall–Kier alpha value is -1.85. The number of carbonyl (C=O) groups excluding carboxylic acids is 1. The lowest BCUT2D eigenvalue weighted by atomic mass is 9.79. The highest BCUT2D eigenvalue weighted by atomic mass is 16.4. The van der Waals surface area contributed by atoms with Gasteiger partial charge in [0.1, 0.15) is 0 Å². The molecule has 2 rings (SSSR count). The molecule has 1 saturated carbocycles. The van der Waals surface area contributed by atoms with E-state index in [1.807, 2.05) is 6.92 Å². The van der Waals surface area contributed by atoms with Gasteiger partial charge in [0.25, 0.3) is 0 Å². The summed E-state index contributed by atoms with van der Waals surface area (Å²) in [7, 11) is 0. The van der Waals surface area contributed by atoms with Gasteiger partial charge in [-0.25, -0.2) is 0 Å². The van der Waals surface area contributed by atoms with Crippen LogP contribution in [0.25, 0.3) is 0 Å². The molecule has 110 valence electrons. The summed E-state index contributed by atoms with van der Waals surface area (Å²) in [6.45, 7) is 2.00. The second-order valence-corrected chi connectivity index (χ2v) is 5.63. The Kier molecular flexibility index (Phi) is 4.42. The van der Waals surface area contributed by atoms with Crippen LogP contribution in [0.1, 0.15) is 51.1 Å². The van der Waals surface area contributed by atoms with E-state index in [0.29, 0.717) is 5.82 Å². The van der Waals surface area contributed by atoms with Gasteiger partial charge >= 0.3 is 5.97 Å². The van der Waals surface area contributed by atoms with Gasteiger partial charge in [0.05, 0.1) is 6.42 Å². The van der Waals surface area contributed by atoms with Crippen molar-refractivity contribution < 1.29 is 14.7 Å². The molecule has 6 heteroatoms. The first-order valence-corrected chi connectivity index (χ1v) is 7.09. The van der Waals surface area contributed by atoms with Crippen LogP contribution in [-0.4, -0.2) is 27.2 Å². The molecule has 1 fully saturated rings. The second-order valence-electron chi connectivity index (χ2n) is 5.63. The van der Waals surface area contributed by atoms with E-state index in [0.717, 1.165) is 37.8 Å². The van der Waals surface area contributed by atoms with E-state index >= 15 is 0 Å². The van der Waals surface area contributed by atoms with E-state index in [9.17, 15) is 9.59 Å². The molecule has 0 aromatic carbocycles. The number of nitrogens with one attached hydrogen (secondary N) is 2. The number of hydrogen-bond donors (Lipinski definition) is 3. The van der Waals surface area contributed by atoms with Gasteiger partial charge in [0, 0.05) is 18.2 Å². The summed E-state index contributed by atoms with van der Waals surface area (Å²) >= 11 is 0. The van der Waals surface area contributed by atoms with E-state index in [1.54, 1.807) is 6.07 Å². The van der Waals surface area contributed by atoms with E-state index in [-0.39, 0.29) is 24.2 Å². The molecule has 0 atom stereocenters. The number of carboxylic acid groups (broad SMARTS) is 1. The van der Waals surface area contributed by atoms with Crippen LogP contribution >= 0.6 is 0 Å². The molecule has 0 radical (unpaired) electrons. The average molecular weight is 279 g/mol. The quantitative estimate of drug-likeness (QED) is 0.744. The Morgan fingerprint density at radius 1 is 1.40 bits per heavy atom. The zero-order valence-electron chi connectivity index (χ0n) is 11.7. The maximum atomic E-state index is 12.1. The summed E-state index contributed by atoms with van der Waals surface area (Å²) in [5, 5.41) is 18.6. The Morgan fingerprint density at radius 3 is 2.65 bits per heavy atom. The lowest BCUT2D eigenvalue weighted by molar-refractivity contribution is -0.140. The number of aliphatic carboxylic acids is 1. The fraction of sp³-hybridized carbons (Fsp3) is 0.643. The lowest BCUT2D eigenvalue weighted by Crippen LogP contribution is -2.27. The van der Waals surface area contributed by atoms with Crippen molar-refractivity contribution >= 4 is 17.7 Å². The Bertz CT molecular complexity index is 490. The predicted molar refractivity (Wildman–Crippen MR) is 74.4 cm³/mol. The van der Waals surface area contributed by atoms with Crippen molar-refractivity contribution in [2.75, 3.05) is 5.32 Å². The molecule has 1 amide bonds. The number of rotatable bonds is 6.